The molecule has 228 valence electrons. The Hall–Kier alpha value is -6.86. The molecule has 2 aliphatic heterocycles. The molecular weight excluding hydrogens is 605 g/mol. The first-order chi connectivity index (χ1) is 24.3. The van der Waals surface area contributed by atoms with Gasteiger partial charge in [0.25, 0.3) is 0 Å². The number of fused-ring (bicyclic) bond motifs is 7. The van der Waals surface area contributed by atoms with Crippen molar-refractivity contribution in [3.8, 4) is 34.4 Å². The van der Waals surface area contributed by atoms with Crippen LogP contribution in [0, 0.1) is 0 Å². The molecule has 0 saturated carbocycles. The molecule has 0 saturated heterocycles. The Labute approximate surface area is 278 Å². The number of benzene rings is 6. The van der Waals surface area contributed by atoms with Gasteiger partial charge in [-0.05, 0) is 53.9 Å². The molecule has 0 bridgehead atoms. The van der Waals surface area contributed by atoms with Crippen molar-refractivity contribution in [2.24, 2.45) is 0 Å². The number of para-hydroxylation sites is 5. The minimum Gasteiger partial charge on any atom is -0.455 e. The third-order valence-corrected chi connectivity index (χ3v) is 9.62. The highest BCUT2D eigenvalue weighted by atomic mass is 16.3. The summed E-state index contributed by atoms with van der Waals surface area (Å²) in [6, 6.07) is 47.7. The van der Waals surface area contributed by atoms with E-state index in [0.717, 1.165) is 82.5 Å². The molecule has 0 amide bonds. The molecular formula is C42H24N6O. The van der Waals surface area contributed by atoms with E-state index in [-0.39, 0.29) is 0 Å². The van der Waals surface area contributed by atoms with Gasteiger partial charge < -0.3 is 8.98 Å². The Kier molecular flexibility index (Phi) is 5.26. The van der Waals surface area contributed by atoms with E-state index in [0.29, 0.717) is 17.6 Å². The topological polar surface area (TPSA) is 74.6 Å². The first kappa shape index (κ1) is 26.2. The van der Waals surface area contributed by atoms with Crippen molar-refractivity contribution in [1.82, 2.24) is 29.1 Å². The Balaban J connectivity index is 1.30. The summed E-state index contributed by atoms with van der Waals surface area (Å²) in [5.41, 5.74) is 9.43. The lowest BCUT2D eigenvalue weighted by Gasteiger charge is -2.26. The van der Waals surface area contributed by atoms with Gasteiger partial charge in [0.15, 0.2) is 11.6 Å². The monoisotopic (exact) mass is 628 g/mol. The van der Waals surface area contributed by atoms with E-state index >= 15 is 0 Å². The van der Waals surface area contributed by atoms with Crippen LogP contribution in [0.5, 0.6) is 0 Å². The van der Waals surface area contributed by atoms with Gasteiger partial charge in [-0.25, -0.2) is 4.98 Å². The van der Waals surface area contributed by atoms with Crippen LogP contribution in [0.1, 0.15) is 0 Å². The molecule has 11 rings (SSSR count). The number of nitrogens with zero attached hydrogens (tertiary/aromatic N) is 6. The number of furan rings is 1. The largest absolute Gasteiger partial charge is 0.455 e. The van der Waals surface area contributed by atoms with Crippen LogP contribution >= 0.6 is 0 Å². The van der Waals surface area contributed by atoms with Gasteiger partial charge in [-0.2, -0.15) is 9.97 Å². The zero-order valence-corrected chi connectivity index (χ0v) is 25.9. The number of rotatable bonds is 3. The van der Waals surface area contributed by atoms with Gasteiger partial charge in [0.2, 0.25) is 5.95 Å². The Morgan fingerprint density at radius 2 is 1.16 bits per heavy atom. The average molecular weight is 629 g/mol. The van der Waals surface area contributed by atoms with Gasteiger partial charge in [-0.1, -0.05) is 91.0 Å². The Morgan fingerprint density at radius 1 is 0.469 bits per heavy atom. The molecule has 49 heavy (non-hydrogen) atoms. The van der Waals surface area contributed by atoms with Crippen molar-refractivity contribution < 1.29 is 4.42 Å². The van der Waals surface area contributed by atoms with Crippen LogP contribution in [0.25, 0.3) is 100 Å². The molecule has 0 unspecified atom stereocenters. The lowest BCUT2D eigenvalue weighted by atomic mass is 10.00. The predicted octanol–water partition coefficient (Wildman–Crippen LogP) is 10.1. The van der Waals surface area contributed by atoms with E-state index in [1.54, 1.807) is 0 Å². The lowest BCUT2D eigenvalue weighted by Crippen LogP contribution is -2.14. The first-order valence-electron chi connectivity index (χ1n) is 16.2. The number of hydrogen-bond acceptors (Lipinski definition) is 5. The highest BCUT2D eigenvalue weighted by molar-refractivity contribution is 6.19. The Morgan fingerprint density at radius 3 is 2.08 bits per heavy atom. The van der Waals surface area contributed by atoms with Crippen molar-refractivity contribution >= 4 is 65.7 Å². The standard InChI is InChI=1S/C42H24N6O/c1-2-11-25(12-3-1)40-44-41(30-16-8-15-29-26-13-4-7-22-36(26)49-39(29)30)46-42(45-40)48-33-19-6-5-18-32(33)47-34-20-10-17-31-37(34)27(23-24-43-31)28-14-9-21-35(48)38(28)47/h1-24H. The minimum absolute atomic E-state index is 0.524. The van der Waals surface area contributed by atoms with E-state index < -0.39 is 0 Å². The summed E-state index contributed by atoms with van der Waals surface area (Å²) < 4.78 is 11.0. The third-order valence-electron chi connectivity index (χ3n) is 9.62. The van der Waals surface area contributed by atoms with Crippen LogP contribution in [0.3, 0.4) is 0 Å². The maximum absolute atomic E-state index is 6.47. The average Bonchev–Trinajstić information content (AvgIpc) is 3.55. The molecule has 0 aliphatic carbocycles. The molecule has 9 aromatic rings. The molecule has 7 nitrogen and oxygen atoms in total. The number of hydrogen-bond donors (Lipinski definition) is 0. The van der Waals surface area contributed by atoms with E-state index in [4.69, 9.17) is 24.4 Å². The van der Waals surface area contributed by atoms with Gasteiger partial charge in [-0.3, -0.25) is 9.55 Å². The van der Waals surface area contributed by atoms with Crippen molar-refractivity contribution in [2.45, 2.75) is 0 Å². The fourth-order valence-corrected chi connectivity index (χ4v) is 7.55. The van der Waals surface area contributed by atoms with Crippen LogP contribution in [0.4, 0.5) is 0 Å². The summed E-state index contributed by atoms with van der Waals surface area (Å²) in [5, 5.41) is 5.52. The van der Waals surface area contributed by atoms with E-state index in [1.807, 2.05) is 66.9 Å². The van der Waals surface area contributed by atoms with Gasteiger partial charge >= 0.3 is 0 Å². The molecule has 3 aromatic heterocycles. The molecule has 0 atom stereocenters. The zero-order chi connectivity index (χ0) is 32.1. The molecule has 0 fully saturated rings. The van der Waals surface area contributed by atoms with Crippen molar-refractivity contribution in [3.63, 3.8) is 0 Å². The Bertz CT molecular complexity index is 3060. The summed E-state index contributed by atoms with van der Waals surface area (Å²) in [6.07, 6.45) is 1.90. The fourth-order valence-electron chi connectivity index (χ4n) is 7.55. The summed E-state index contributed by atoms with van der Waals surface area (Å²) in [7, 11) is 0. The van der Waals surface area contributed by atoms with Crippen molar-refractivity contribution in [2.75, 3.05) is 0 Å². The minimum atomic E-state index is 0.524. The zero-order valence-electron chi connectivity index (χ0n) is 25.9. The highest BCUT2D eigenvalue weighted by Gasteiger charge is 2.24. The lowest BCUT2D eigenvalue weighted by molar-refractivity contribution is 0.669. The second kappa shape index (κ2) is 9.82. The fraction of sp³-hybridized carbons (Fsp3) is 0. The molecule has 2 aliphatic rings. The van der Waals surface area contributed by atoms with Crippen LogP contribution in [-0.2, 0) is 0 Å². The summed E-state index contributed by atoms with van der Waals surface area (Å²) in [4.78, 5) is 20.3. The van der Waals surface area contributed by atoms with Gasteiger partial charge in [-0.15, -0.1) is 0 Å². The van der Waals surface area contributed by atoms with Gasteiger partial charge in [0.05, 0.1) is 38.8 Å². The summed E-state index contributed by atoms with van der Waals surface area (Å²) >= 11 is 0. The smallest absolute Gasteiger partial charge is 0.238 e. The quantitative estimate of drug-likeness (QED) is 0.144. The maximum Gasteiger partial charge on any atom is 0.238 e. The van der Waals surface area contributed by atoms with Crippen molar-refractivity contribution in [3.05, 3.63) is 146 Å². The molecule has 0 spiro atoms. The van der Waals surface area contributed by atoms with Crippen LogP contribution in [0.2, 0.25) is 0 Å². The van der Waals surface area contributed by atoms with E-state index in [1.165, 1.54) is 0 Å². The summed E-state index contributed by atoms with van der Waals surface area (Å²) in [5.74, 6) is 1.65. The summed E-state index contributed by atoms with van der Waals surface area (Å²) in [6.45, 7) is 0. The normalized spacial score (nSPS) is 12.1. The van der Waals surface area contributed by atoms with Crippen LogP contribution in [0.15, 0.2) is 150 Å². The van der Waals surface area contributed by atoms with E-state index in [9.17, 15) is 0 Å². The van der Waals surface area contributed by atoms with Crippen LogP contribution < -0.4 is 0 Å². The molecule has 0 radical (unpaired) electrons. The SMILES string of the molecule is c1ccc(-c2nc(-c3cccc4c3oc3ccccc34)nc(-n3c4cccc5c4-n(c4cccc6nccc5c64)c4ccccc43)n2)cc1. The maximum atomic E-state index is 6.47. The number of aromatic nitrogens is 6. The predicted molar refractivity (Wildman–Crippen MR) is 196 cm³/mol. The second-order valence-corrected chi connectivity index (χ2v) is 12.3. The second-order valence-electron chi connectivity index (χ2n) is 12.3. The molecule has 7 heteroatoms. The first-order valence-corrected chi connectivity index (χ1v) is 16.2. The molecule has 0 N–H and O–H groups in total. The number of pyridine rings is 2. The molecule has 6 aromatic carbocycles. The van der Waals surface area contributed by atoms with Gasteiger partial charge in [0.1, 0.15) is 11.2 Å². The third kappa shape index (κ3) is 3.66. The molecule has 5 heterocycles. The van der Waals surface area contributed by atoms with Gasteiger partial charge in [0, 0.05) is 33.3 Å². The van der Waals surface area contributed by atoms with Crippen LogP contribution in [-0.4, -0.2) is 29.1 Å². The van der Waals surface area contributed by atoms with E-state index in [2.05, 4.69) is 88.0 Å². The highest BCUT2D eigenvalue weighted by Crippen LogP contribution is 2.42. The van der Waals surface area contributed by atoms with Crippen molar-refractivity contribution in [1.29, 1.82) is 0 Å².